The first-order valence-corrected chi connectivity index (χ1v) is 10.0. The molecule has 0 spiro atoms. The molecule has 2 N–H and O–H groups in total. The molecule has 0 radical (unpaired) electrons. The van der Waals surface area contributed by atoms with Gasteiger partial charge in [-0.25, -0.2) is 4.79 Å². The third-order valence-electron chi connectivity index (χ3n) is 6.94. The van der Waals surface area contributed by atoms with Crippen LogP contribution in [0.3, 0.4) is 0 Å². The van der Waals surface area contributed by atoms with Crippen LogP contribution in [0, 0.1) is 17.8 Å². The molecule has 2 fully saturated rings. The van der Waals surface area contributed by atoms with E-state index in [0.29, 0.717) is 18.4 Å². The highest BCUT2D eigenvalue weighted by molar-refractivity contribution is 5.79. The monoisotopic (exact) mass is 363 g/mol. The zero-order valence-corrected chi connectivity index (χ0v) is 15.3. The Labute approximate surface area is 159 Å². The largest absolute Gasteiger partial charge is 0.449 e. The van der Waals surface area contributed by atoms with Crippen molar-refractivity contribution in [1.82, 2.24) is 5.32 Å². The van der Waals surface area contributed by atoms with Gasteiger partial charge in [-0.05, 0) is 46.9 Å². The van der Waals surface area contributed by atoms with E-state index in [1.165, 1.54) is 35.1 Å². The maximum Gasteiger partial charge on any atom is 0.407 e. The molecular formula is C23H25NO3. The first-order chi connectivity index (χ1) is 13.3. The van der Waals surface area contributed by atoms with Crippen LogP contribution < -0.4 is 5.32 Å². The molecule has 0 saturated heterocycles. The van der Waals surface area contributed by atoms with Gasteiger partial charge < -0.3 is 15.2 Å². The molecule has 4 nitrogen and oxygen atoms in total. The van der Waals surface area contributed by atoms with E-state index in [1.807, 2.05) is 12.1 Å². The van der Waals surface area contributed by atoms with E-state index in [1.54, 1.807) is 0 Å². The molecule has 2 aromatic rings. The van der Waals surface area contributed by atoms with Crippen LogP contribution in [0.25, 0.3) is 11.1 Å². The normalized spacial score (nSPS) is 28.0. The molecule has 2 saturated carbocycles. The second-order valence-corrected chi connectivity index (χ2v) is 8.10. The molecule has 27 heavy (non-hydrogen) atoms. The molecule has 0 unspecified atom stereocenters. The fourth-order valence-corrected chi connectivity index (χ4v) is 5.67. The quantitative estimate of drug-likeness (QED) is 0.865. The van der Waals surface area contributed by atoms with Crippen molar-refractivity contribution < 1.29 is 14.6 Å². The van der Waals surface area contributed by atoms with Crippen LogP contribution in [0.15, 0.2) is 48.5 Å². The third-order valence-corrected chi connectivity index (χ3v) is 6.94. The number of carbonyl (C=O) groups excluding carboxylic acids is 1. The maximum atomic E-state index is 12.5. The summed E-state index contributed by atoms with van der Waals surface area (Å²) in [4.78, 5) is 12.5. The molecule has 0 aromatic heterocycles. The first-order valence-electron chi connectivity index (χ1n) is 10.0. The Balaban J connectivity index is 1.27. The lowest BCUT2D eigenvalue weighted by Gasteiger charge is -2.48. The number of aliphatic hydroxyl groups excluding tert-OH is 1. The molecule has 3 aliphatic rings. The predicted octanol–water partition coefficient (Wildman–Crippen LogP) is 3.93. The van der Waals surface area contributed by atoms with Gasteiger partial charge in [0.15, 0.2) is 0 Å². The highest BCUT2D eigenvalue weighted by atomic mass is 16.5. The van der Waals surface area contributed by atoms with Crippen LogP contribution in [0.5, 0.6) is 0 Å². The summed E-state index contributed by atoms with van der Waals surface area (Å²) in [5, 5.41) is 12.7. The van der Waals surface area contributed by atoms with Crippen molar-refractivity contribution in [1.29, 1.82) is 0 Å². The topological polar surface area (TPSA) is 58.6 Å². The third kappa shape index (κ3) is 2.66. The van der Waals surface area contributed by atoms with Crippen molar-refractivity contribution in [2.75, 3.05) is 13.2 Å². The highest BCUT2D eigenvalue weighted by Crippen LogP contribution is 2.51. The number of ether oxygens (including phenoxy) is 1. The van der Waals surface area contributed by atoms with Crippen LogP contribution in [-0.4, -0.2) is 30.5 Å². The average molecular weight is 363 g/mol. The maximum absolute atomic E-state index is 12.5. The SMILES string of the molecule is O=C(N[C@H]1[C@@H]2CCC[C@@H]2[C@@H]1CO)OCC1c2ccccc2-c2ccccc21. The Morgan fingerprint density at radius 2 is 1.63 bits per heavy atom. The van der Waals surface area contributed by atoms with Crippen molar-refractivity contribution in [2.24, 2.45) is 17.8 Å². The highest BCUT2D eigenvalue weighted by Gasteiger charge is 2.52. The Kier molecular flexibility index (Phi) is 4.16. The van der Waals surface area contributed by atoms with Crippen LogP contribution in [-0.2, 0) is 4.74 Å². The second-order valence-electron chi connectivity index (χ2n) is 8.10. The molecule has 140 valence electrons. The number of rotatable bonds is 4. The molecule has 0 heterocycles. The summed E-state index contributed by atoms with van der Waals surface area (Å²) < 4.78 is 5.66. The lowest BCUT2D eigenvalue weighted by molar-refractivity contribution is -0.00361. The molecular weight excluding hydrogens is 338 g/mol. The Bertz CT molecular complexity index is 819. The fourth-order valence-electron chi connectivity index (χ4n) is 5.67. The summed E-state index contributed by atoms with van der Waals surface area (Å²) in [5.41, 5.74) is 4.91. The summed E-state index contributed by atoms with van der Waals surface area (Å²) in [6.07, 6.45) is 3.17. The zero-order chi connectivity index (χ0) is 18.4. The number of amides is 1. The van der Waals surface area contributed by atoms with Crippen LogP contribution in [0.1, 0.15) is 36.3 Å². The van der Waals surface area contributed by atoms with Gasteiger partial charge in [0.1, 0.15) is 6.61 Å². The number of aliphatic hydroxyl groups is 1. The van der Waals surface area contributed by atoms with Crippen LogP contribution in [0.2, 0.25) is 0 Å². The number of hydrogen-bond acceptors (Lipinski definition) is 3. The minimum Gasteiger partial charge on any atom is -0.449 e. The fraction of sp³-hybridized carbons (Fsp3) is 0.435. The summed E-state index contributed by atoms with van der Waals surface area (Å²) in [6.45, 7) is 0.486. The van der Waals surface area contributed by atoms with Gasteiger partial charge in [0, 0.05) is 24.5 Å². The van der Waals surface area contributed by atoms with Gasteiger partial charge in [0.25, 0.3) is 0 Å². The van der Waals surface area contributed by atoms with Gasteiger partial charge in [-0.15, -0.1) is 0 Å². The van der Waals surface area contributed by atoms with Gasteiger partial charge in [-0.1, -0.05) is 55.0 Å². The molecule has 1 amide bonds. The van der Waals surface area contributed by atoms with Gasteiger partial charge >= 0.3 is 6.09 Å². The van der Waals surface area contributed by atoms with Crippen LogP contribution in [0.4, 0.5) is 4.79 Å². The summed E-state index contributed by atoms with van der Waals surface area (Å²) in [6, 6.07) is 16.8. The average Bonchev–Trinajstić information content (AvgIpc) is 3.25. The first kappa shape index (κ1) is 16.8. The lowest BCUT2D eigenvalue weighted by Crippen LogP contribution is -2.59. The van der Waals surface area contributed by atoms with Gasteiger partial charge in [0.2, 0.25) is 0 Å². The second kappa shape index (κ2) is 6.68. The molecule has 0 aliphatic heterocycles. The Morgan fingerprint density at radius 1 is 1.00 bits per heavy atom. The van der Waals surface area contributed by atoms with E-state index >= 15 is 0 Å². The Morgan fingerprint density at radius 3 is 2.30 bits per heavy atom. The van der Waals surface area contributed by atoms with Crippen molar-refractivity contribution in [3.63, 3.8) is 0 Å². The van der Waals surface area contributed by atoms with E-state index in [4.69, 9.17) is 4.74 Å². The molecule has 5 rings (SSSR count). The van der Waals surface area contributed by atoms with Crippen molar-refractivity contribution >= 4 is 6.09 Å². The summed E-state index contributed by atoms with van der Waals surface area (Å²) in [7, 11) is 0. The molecule has 0 bridgehead atoms. The van der Waals surface area contributed by atoms with Crippen LogP contribution >= 0.6 is 0 Å². The zero-order valence-electron chi connectivity index (χ0n) is 15.3. The number of alkyl carbamates (subject to hydrolysis) is 1. The van der Waals surface area contributed by atoms with E-state index < -0.39 is 0 Å². The van der Waals surface area contributed by atoms with Gasteiger partial charge in [-0.3, -0.25) is 0 Å². The molecule has 2 aromatic carbocycles. The number of benzene rings is 2. The van der Waals surface area contributed by atoms with Crippen molar-refractivity contribution in [3.05, 3.63) is 59.7 Å². The summed E-state index contributed by atoms with van der Waals surface area (Å²) >= 11 is 0. The van der Waals surface area contributed by atoms with E-state index in [9.17, 15) is 9.90 Å². The van der Waals surface area contributed by atoms with Crippen molar-refractivity contribution in [3.8, 4) is 11.1 Å². The predicted molar refractivity (Wildman–Crippen MR) is 103 cm³/mol. The van der Waals surface area contributed by atoms with E-state index in [2.05, 4.69) is 41.7 Å². The number of nitrogens with one attached hydrogen (secondary N) is 1. The molecule has 4 heteroatoms. The minimum atomic E-state index is -0.356. The Hall–Kier alpha value is -2.33. The van der Waals surface area contributed by atoms with E-state index in [-0.39, 0.29) is 30.6 Å². The van der Waals surface area contributed by atoms with Gasteiger partial charge in [0.05, 0.1) is 0 Å². The summed E-state index contributed by atoms with van der Waals surface area (Å²) in [5.74, 6) is 1.37. The number of hydrogen-bond donors (Lipinski definition) is 2. The number of fused-ring (bicyclic) bond motifs is 4. The smallest absolute Gasteiger partial charge is 0.407 e. The molecule has 3 aliphatic carbocycles. The van der Waals surface area contributed by atoms with Gasteiger partial charge in [-0.2, -0.15) is 0 Å². The van der Waals surface area contributed by atoms with Crippen molar-refractivity contribution in [2.45, 2.75) is 31.2 Å². The molecule has 4 atom stereocenters. The lowest BCUT2D eigenvalue weighted by atomic mass is 9.62. The van der Waals surface area contributed by atoms with E-state index in [0.717, 1.165) is 6.42 Å². The minimum absolute atomic E-state index is 0.0677. The number of carbonyl (C=O) groups is 1. The standard InChI is InChI=1S/C23H25NO3/c25-12-20-18-10-5-11-19(18)22(20)24-23(26)27-13-21-16-8-3-1-6-14(16)15-7-2-4-9-17(15)21/h1-4,6-9,18-22,25H,5,10-13H2,(H,24,26)/t18-,19+,20-,22-/m0/s1.